The van der Waals surface area contributed by atoms with E-state index in [-0.39, 0.29) is 35.6 Å². The molecule has 4 aromatic rings. The number of hydrogen-bond acceptors (Lipinski definition) is 0. The number of allylic oxidation sites excluding steroid dienone is 2. The summed E-state index contributed by atoms with van der Waals surface area (Å²) >= 11 is -3.51. The van der Waals surface area contributed by atoms with Gasteiger partial charge >= 0.3 is 258 Å². The molecule has 2 atom stereocenters. The van der Waals surface area contributed by atoms with Crippen molar-refractivity contribution < 1.29 is 14.0 Å². The molecule has 0 aromatic heterocycles. The topological polar surface area (TPSA) is 0 Å². The number of halogens is 2. The van der Waals surface area contributed by atoms with E-state index in [1.165, 1.54) is 33.4 Å². The van der Waals surface area contributed by atoms with Crippen LogP contribution in [0.1, 0.15) is 72.2 Å². The summed E-state index contributed by atoms with van der Waals surface area (Å²) in [6.45, 7) is 14.6. The van der Waals surface area contributed by atoms with E-state index in [0.29, 0.717) is 8.45 Å². The molecule has 4 aromatic carbocycles. The zero-order chi connectivity index (χ0) is 30.1. The van der Waals surface area contributed by atoms with Crippen LogP contribution in [-0.4, -0.2) is 7.63 Å². The molecule has 4 heteroatoms. The molecule has 2 aliphatic carbocycles. The molecule has 44 heavy (non-hydrogen) atoms. The van der Waals surface area contributed by atoms with Crippen LogP contribution in [0, 0.1) is 10.8 Å². The van der Waals surface area contributed by atoms with Gasteiger partial charge in [-0.1, -0.05) is 0 Å². The molecule has 0 N–H and O–H groups in total. The summed E-state index contributed by atoms with van der Waals surface area (Å²) in [5.41, 5.74) is 14.8. The first kappa shape index (κ1) is 34.7. The normalized spacial score (nSPS) is 17.9. The molecule has 0 saturated carbocycles. The maximum absolute atomic E-state index is 3.51. The van der Waals surface area contributed by atoms with Crippen LogP contribution in [-0.2, 0) is 14.0 Å². The molecule has 0 saturated heterocycles. The van der Waals surface area contributed by atoms with Crippen LogP contribution in [0.2, 0.25) is 10.5 Å². The van der Waals surface area contributed by atoms with Gasteiger partial charge in [0.15, 0.2) is 0 Å². The summed E-state index contributed by atoms with van der Waals surface area (Å²) in [6.07, 6.45) is 5.20. The van der Waals surface area contributed by atoms with E-state index >= 15 is 0 Å². The van der Waals surface area contributed by atoms with Crippen molar-refractivity contribution in [3.63, 3.8) is 0 Å². The first-order chi connectivity index (χ1) is 19.7. The van der Waals surface area contributed by atoms with Crippen molar-refractivity contribution in [3.8, 4) is 22.3 Å². The van der Waals surface area contributed by atoms with Crippen LogP contribution < -0.4 is 0 Å². The van der Waals surface area contributed by atoms with Gasteiger partial charge in [-0.25, -0.2) is 0 Å². The Hall–Kier alpha value is -2.13. The maximum Gasteiger partial charge on any atom is -0.147 e. The molecule has 0 amide bonds. The number of fused-ring (bicyclic) bond motifs is 2. The average molecular weight is 676 g/mol. The molecular formula is C40H48Cl2SiTi. The van der Waals surface area contributed by atoms with Gasteiger partial charge in [-0.3, -0.25) is 0 Å². The molecule has 0 radical (unpaired) electrons. The Morgan fingerprint density at radius 2 is 0.841 bits per heavy atom. The maximum atomic E-state index is 2.76. The van der Waals surface area contributed by atoms with Gasteiger partial charge < -0.3 is 0 Å². The molecule has 230 valence electrons. The largest absolute Gasteiger partial charge is 0.147 e. The molecule has 0 nitrogen and oxygen atoms in total. The predicted octanol–water partition coefficient (Wildman–Crippen LogP) is 11.9. The Kier molecular flexibility index (Phi) is 9.40. The fourth-order valence-corrected chi connectivity index (χ4v) is 21.0. The quantitative estimate of drug-likeness (QED) is 0.189. The van der Waals surface area contributed by atoms with Crippen LogP contribution >= 0.6 is 24.8 Å². The van der Waals surface area contributed by atoms with Crippen molar-refractivity contribution in [2.24, 2.45) is 10.8 Å². The fourth-order valence-electron chi connectivity index (χ4n) is 8.05. The summed E-state index contributed by atoms with van der Waals surface area (Å²) in [7, 11) is 2.44. The van der Waals surface area contributed by atoms with Gasteiger partial charge in [0.25, 0.3) is 0 Å². The standard InChI is InChI=1S/2C19H19.2CH3.2ClH.H2Si.Ti/c2*1-19(2,3)16-12-15-10-7-11-17(18(15)13-16)14-8-5-4-6-9-14;;;;;;/h2*4-13H,1-3H3;2*1H3;2*1H;1H2;. The van der Waals surface area contributed by atoms with Gasteiger partial charge in [0.05, 0.1) is 0 Å². The van der Waals surface area contributed by atoms with E-state index in [1.807, 2.05) is 0 Å². The monoisotopic (exact) mass is 674 g/mol. The molecule has 6 rings (SSSR count). The van der Waals surface area contributed by atoms with Crippen molar-refractivity contribution in [1.82, 2.24) is 0 Å². The predicted molar refractivity (Wildman–Crippen MR) is 199 cm³/mol. The second-order valence-electron chi connectivity index (χ2n) is 15.9. The fraction of sp³-hybridized carbons (Fsp3) is 0.300. The van der Waals surface area contributed by atoms with Gasteiger partial charge in [0.2, 0.25) is 0 Å². The van der Waals surface area contributed by atoms with E-state index in [2.05, 4.69) is 169 Å². The van der Waals surface area contributed by atoms with Crippen molar-refractivity contribution in [2.45, 2.75) is 60.4 Å². The van der Waals surface area contributed by atoms with Gasteiger partial charge in [0, 0.05) is 0 Å². The molecule has 2 unspecified atom stereocenters. The zero-order valence-corrected chi connectivity index (χ0v) is 32.2. The van der Waals surface area contributed by atoms with Crippen molar-refractivity contribution in [2.75, 3.05) is 0 Å². The second-order valence-corrected chi connectivity index (χ2v) is 36.0. The number of rotatable bonds is 4. The summed E-state index contributed by atoms with van der Waals surface area (Å²) in [5.74, 6) is 0. The Labute approximate surface area is 280 Å². The first-order valence-electron chi connectivity index (χ1n) is 15.5. The third kappa shape index (κ3) is 5.81. The molecule has 0 heterocycles. The van der Waals surface area contributed by atoms with Crippen molar-refractivity contribution >= 4 is 44.6 Å². The molecule has 0 fully saturated rings. The molecular weight excluding hydrogens is 627 g/mol. The number of benzene rings is 4. The van der Waals surface area contributed by atoms with Crippen LogP contribution in [0.5, 0.6) is 0 Å². The van der Waals surface area contributed by atoms with Crippen LogP contribution in [0.3, 0.4) is 0 Å². The summed E-state index contributed by atoms with van der Waals surface area (Å²) in [6, 6.07) is 36.2. The third-order valence-electron chi connectivity index (χ3n) is 9.92. The minimum absolute atomic E-state index is 0. The van der Waals surface area contributed by atoms with Gasteiger partial charge in [-0.2, -0.15) is 0 Å². The van der Waals surface area contributed by atoms with E-state index in [1.54, 1.807) is 22.3 Å². The molecule has 2 aliphatic rings. The van der Waals surface area contributed by atoms with Gasteiger partial charge in [0.1, 0.15) is 0 Å². The molecule has 0 aliphatic heterocycles. The molecule has 0 bridgehead atoms. The Morgan fingerprint density at radius 3 is 1.16 bits per heavy atom. The van der Waals surface area contributed by atoms with Crippen LogP contribution in [0.4, 0.5) is 0 Å². The Balaban J connectivity index is 0.00000221. The summed E-state index contributed by atoms with van der Waals surface area (Å²) in [4.78, 5) is 0. The Morgan fingerprint density at radius 1 is 0.500 bits per heavy atom. The second kappa shape index (κ2) is 11.9. The smallest absolute Gasteiger partial charge is 0.147 e. The van der Waals surface area contributed by atoms with Gasteiger partial charge in [-0.05, 0) is 0 Å². The SMILES string of the molecule is CC(C)(C)C1=Cc2c(-c3ccccc3)cccc2[CH]1[Ti]([CH3])([CH3])(=[SiH2])[CH]1C(C(C)(C)C)=Cc2c(-c3ccccc3)cccc21.Cl.Cl. The summed E-state index contributed by atoms with van der Waals surface area (Å²) in [5, 5.41) is 5.53. The minimum atomic E-state index is -3.51. The van der Waals surface area contributed by atoms with E-state index in [9.17, 15) is 0 Å². The van der Waals surface area contributed by atoms with Crippen LogP contribution in [0.25, 0.3) is 34.4 Å². The van der Waals surface area contributed by atoms with Crippen molar-refractivity contribution in [1.29, 1.82) is 0 Å². The third-order valence-corrected chi connectivity index (χ3v) is 21.2. The minimum Gasteiger partial charge on any atom is -0.147 e. The van der Waals surface area contributed by atoms with E-state index in [0.717, 1.165) is 0 Å². The van der Waals surface area contributed by atoms with E-state index < -0.39 is 14.0 Å². The van der Waals surface area contributed by atoms with E-state index in [4.69, 9.17) is 0 Å². The molecule has 0 spiro atoms. The average Bonchev–Trinajstić information content (AvgIpc) is 3.55. The van der Waals surface area contributed by atoms with Crippen molar-refractivity contribution in [3.05, 3.63) is 130 Å². The first-order valence-corrected chi connectivity index (χ1v) is 24.5. The van der Waals surface area contributed by atoms with Gasteiger partial charge in [-0.15, -0.1) is 24.8 Å². The summed E-state index contributed by atoms with van der Waals surface area (Å²) < 4.78 is 0.919. The Bertz CT molecular complexity index is 1680. The van der Waals surface area contributed by atoms with Crippen LogP contribution in [0.15, 0.2) is 108 Å². The zero-order valence-electron chi connectivity index (χ0n) is 27.6. The number of hydrogen-bond donors (Lipinski definition) is 0.